The lowest BCUT2D eigenvalue weighted by molar-refractivity contribution is 0.0940. The van der Waals surface area contributed by atoms with Crippen LogP contribution in [0.4, 0.5) is 0 Å². The molecule has 0 spiro atoms. The second-order valence-corrected chi connectivity index (χ2v) is 6.81. The maximum absolute atomic E-state index is 12.0. The molecule has 1 amide bonds. The standard InChI is InChI=1S/C15H26N4O/c1-15(2,3)14-17-12(18-19-14)13(20)16-10-9-11-7-5-4-6-8-11/h11H,4-10H2,1-3H3,(H,16,20)(H,17,18,19). The predicted molar refractivity (Wildman–Crippen MR) is 78.6 cm³/mol. The van der Waals surface area contributed by atoms with E-state index in [2.05, 4.69) is 20.5 Å². The second kappa shape index (κ2) is 6.37. The number of carbonyl (C=O) groups excluding carboxylic acids is 1. The fraction of sp³-hybridized carbons (Fsp3) is 0.800. The Kier molecular flexibility index (Phi) is 4.78. The van der Waals surface area contributed by atoms with Crippen LogP contribution in [0.2, 0.25) is 0 Å². The molecule has 0 aromatic carbocycles. The lowest BCUT2D eigenvalue weighted by atomic mass is 9.87. The van der Waals surface area contributed by atoms with Gasteiger partial charge in [0.15, 0.2) is 0 Å². The van der Waals surface area contributed by atoms with Gasteiger partial charge >= 0.3 is 0 Å². The van der Waals surface area contributed by atoms with E-state index in [1.807, 2.05) is 20.8 Å². The molecule has 1 aliphatic rings. The van der Waals surface area contributed by atoms with E-state index in [-0.39, 0.29) is 17.1 Å². The summed E-state index contributed by atoms with van der Waals surface area (Å²) >= 11 is 0. The zero-order valence-electron chi connectivity index (χ0n) is 12.8. The van der Waals surface area contributed by atoms with Crippen LogP contribution in [-0.4, -0.2) is 27.6 Å². The van der Waals surface area contributed by atoms with Crippen molar-refractivity contribution in [2.75, 3.05) is 6.54 Å². The fourth-order valence-corrected chi connectivity index (χ4v) is 2.64. The highest BCUT2D eigenvalue weighted by Crippen LogP contribution is 2.25. The van der Waals surface area contributed by atoms with E-state index in [0.717, 1.165) is 24.7 Å². The molecule has 1 fully saturated rings. The zero-order chi connectivity index (χ0) is 14.6. The molecule has 2 rings (SSSR count). The Morgan fingerprint density at radius 1 is 1.30 bits per heavy atom. The molecule has 20 heavy (non-hydrogen) atoms. The highest BCUT2D eigenvalue weighted by atomic mass is 16.2. The minimum Gasteiger partial charge on any atom is -0.349 e. The first-order chi connectivity index (χ1) is 9.47. The smallest absolute Gasteiger partial charge is 0.290 e. The SMILES string of the molecule is CC(C)(C)c1nc(C(=O)NCCC2CCCCC2)n[nH]1. The molecule has 2 N–H and O–H groups in total. The average Bonchev–Trinajstić information content (AvgIpc) is 2.89. The third-order valence-electron chi connectivity index (χ3n) is 3.96. The Bertz CT molecular complexity index is 441. The number of aromatic nitrogens is 3. The summed E-state index contributed by atoms with van der Waals surface area (Å²) in [5.41, 5.74) is -0.117. The molecule has 0 saturated heterocycles. The molecular formula is C15H26N4O. The highest BCUT2D eigenvalue weighted by molar-refractivity contribution is 5.90. The van der Waals surface area contributed by atoms with Gasteiger partial charge in [-0.15, -0.1) is 5.10 Å². The lowest BCUT2D eigenvalue weighted by Gasteiger charge is -2.21. The fourth-order valence-electron chi connectivity index (χ4n) is 2.64. The van der Waals surface area contributed by atoms with Crippen molar-refractivity contribution < 1.29 is 4.79 Å². The molecule has 112 valence electrons. The molecule has 5 heteroatoms. The summed E-state index contributed by atoms with van der Waals surface area (Å²) < 4.78 is 0. The van der Waals surface area contributed by atoms with E-state index in [4.69, 9.17) is 0 Å². The first kappa shape index (κ1) is 15.0. The monoisotopic (exact) mass is 278 g/mol. The quantitative estimate of drug-likeness (QED) is 0.889. The molecular weight excluding hydrogens is 252 g/mol. The average molecular weight is 278 g/mol. The number of amides is 1. The number of carbonyl (C=O) groups is 1. The molecule has 1 aromatic heterocycles. The Hall–Kier alpha value is -1.39. The third-order valence-corrected chi connectivity index (χ3v) is 3.96. The van der Waals surface area contributed by atoms with Gasteiger partial charge in [0.1, 0.15) is 5.82 Å². The van der Waals surface area contributed by atoms with Gasteiger partial charge < -0.3 is 5.32 Å². The molecule has 1 saturated carbocycles. The largest absolute Gasteiger partial charge is 0.349 e. The van der Waals surface area contributed by atoms with E-state index in [0.29, 0.717) is 0 Å². The Balaban J connectivity index is 1.78. The van der Waals surface area contributed by atoms with E-state index >= 15 is 0 Å². The second-order valence-electron chi connectivity index (χ2n) is 6.81. The van der Waals surface area contributed by atoms with Crippen molar-refractivity contribution in [2.24, 2.45) is 5.92 Å². The van der Waals surface area contributed by atoms with Crippen LogP contribution in [0.5, 0.6) is 0 Å². The van der Waals surface area contributed by atoms with E-state index < -0.39 is 0 Å². The maximum Gasteiger partial charge on any atom is 0.290 e. The number of H-pyrrole nitrogens is 1. The minimum atomic E-state index is -0.174. The molecule has 5 nitrogen and oxygen atoms in total. The van der Waals surface area contributed by atoms with Crippen LogP contribution in [0.15, 0.2) is 0 Å². The molecule has 0 aliphatic heterocycles. The first-order valence-corrected chi connectivity index (χ1v) is 7.68. The number of hydrogen-bond donors (Lipinski definition) is 2. The number of rotatable bonds is 4. The van der Waals surface area contributed by atoms with Gasteiger partial charge in [-0.25, -0.2) is 4.98 Å². The summed E-state index contributed by atoms with van der Waals surface area (Å²) in [6, 6.07) is 0. The highest BCUT2D eigenvalue weighted by Gasteiger charge is 2.21. The van der Waals surface area contributed by atoms with Crippen LogP contribution in [-0.2, 0) is 5.41 Å². The van der Waals surface area contributed by atoms with Crippen LogP contribution in [0.25, 0.3) is 0 Å². The van der Waals surface area contributed by atoms with Crippen molar-refractivity contribution >= 4 is 5.91 Å². The van der Waals surface area contributed by atoms with Gasteiger partial charge in [-0.3, -0.25) is 9.89 Å². The van der Waals surface area contributed by atoms with Crippen molar-refractivity contribution in [2.45, 2.75) is 64.7 Å². The summed E-state index contributed by atoms with van der Waals surface area (Å²) in [4.78, 5) is 16.2. The van der Waals surface area contributed by atoms with Crippen molar-refractivity contribution in [3.8, 4) is 0 Å². The molecule has 1 heterocycles. The molecule has 0 unspecified atom stereocenters. The first-order valence-electron chi connectivity index (χ1n) is 7.68. The summed E-state index contributed by atoms with van der Waals surface area (Å²) in [6.07, 6.45) is 7.75. The third kappa shape index (κ3) is 4.05. The summed E-state index contributed by atoms with van der Waals surface area (Å²) in [5, 5.41) is 9.77. The van der Waals surface area contributed by atoms with Crippen LogP contribution in [0.3, 0.4) is 0 Å². The van der Waals surface area contributed by atoms with Gasteiger partial charge in [-0.05, 0) is 12.3 Å². The van der Waals surface area contributed by atoms with Crippen LogP contribution in [0, 0.1) is 5.92 Å². The van der Waals surface area contributed by atoms with Gasteiger partial charge in [0.25, 0.3) is 5.91 Å². The molecule has 0 atom stereocenters. The molecule has 0 bridgehead atoms. The van der Waals surface area contributed by atoms with Gasteiger partial charge in [0.05, 0.1) is 0 Å². The van der Waals surface area contributed by atoms with Crippen molar-refractivity contribution in [1.82, 2.24) is 20.5 Å². The van der Waals surface area contributed by atoms with Crippen LogP contribution in [0.1, 0.15) is 75.7 Å². The van der Waals surface area contributed by atoms with Gasteiger partial charge in [-0.1, -0.05) is 52.9 Å². The molecule has 1 aromatic rings. The van der Waals surface area contributed by atoms with E-state index in [1.165, 1.54) is 32.1 Å². The van der Waals surface area contributed by atoms with Gasteiger partial charge in [-0.2, -0.15) is 0 Å². The van der Waals surface area contributed by atoms with E-state index in [9.17, 15) is 4.79 Å². The Labute approximate surface area is 120 Å². The number of nitrogens with one attached hydrogen (secondary N) is 2. The van der Waals surface area contributed by atoms with Crippen molar-refractivity contribution in [1.29, 1.82) is 0 Å². The summed E-state index contributed by atoms with van der Waals surface area (Å²) in [7, 11) is 0. The van der Waals surface area contributed by atoms with Crippen molar-refractivity contribution in [3.63, 3.8) is 0 Å². The zero-order valence-corrected chi connectivity index (χ0v) is 12.8. The molecule has 0 radical (unpaired) electrons. The lowest BCUT2D eigenvalue weighted by Crippen LogP contribution is -2.27. The minimum absolute atomic E-state index is 0.117. The maximum atomic E-state index is 12.0. The number of nitrogens with zero attached hydrogens (tertiary/aromatic N) is 2. The summed E-state index contributed by atoms with van der Waals surface area (Å²) in [6.45, 7) is 6.84. The number of hydrogen-bond acceptors (Lipinski definition) is 3. The predicted octanol–water partition coefficient (Wildman–Crippen LogP) is 2.80. The van der Waals surface area contributed by atoms with Crippen LogP contribution < -0.4 is 5.32 Å². The molecule has 1 aliphatic carbocycles. The van der Waals surface area contributed by atoms with Crippen molar-refractivity contribution in [3.05, 3.63) is 11.6 Å². The number of aromatic amines is 1. The topological polar surface area (TPSA) is 70.7 Å². The normalized spacial score (nSPS) is 17.1. The van der Waals surface area contributed by atoms with Gasteiger partial charge in [0, 0.05) is 12.0 Å². The summed E-state index contributed by atoms with van der Waals surface area (Å²) in [5.74, 6) is 1.60. The van der Waals surface area contributed by atoms with E-state index in [1.54, 1.807) is 0 Å². The van der Waals surface area contributed by atoms with Crippen LogP contribution >= 0.6 is 0 Å². The Morgan fingerprint density at radius 3 is 2.60 bits per heavy atom. The van der Waals surface area contributed by atoms with Gasteiger partial charge in [0.2, 0.25) is 5.82 Å². The Morgan fingerprint density at radius 2 is 2.00 bits per heavy atom.